The summed E-state index contributed by atoms with van der Waals surface area (Å²) in [5.74, 6) is 0. The summed E-state index contributed by atoms with van der Waals surface area (Å²) in [6.45, 7) is 0.854. The zero-order valence-corrected chi connectivity index (χ0v) is 16.4. The highest BCUT2D eigenvalue weighted by Gasteiger charge is 2.05. The maximum atomic E-state index is 11.9. The summed E-state index contributed by atoms with van der Waals surface area (Å²) in [6, 6.07) is 25.9. The van der Waals surface area contributed by atoms with Gasteiger partial charge in [0, 0.05) is 46.5 Å². The van der Waals surface area contributed by atoms with Crippen LogP contribution in [0.5, 0.6) is 0 Å². The molecule has 2 heterocycles. The van der Waals surface area contributed by atoms with Gasteiger partial charge in [-0.15, -0.1) is 0 Å². The lowest BCUT2D eigenvalue weighted by molar-refractivity contribution is 1.03. The van der Waals surface area contributed by atoms with Gasteiger partial charge in [-0.1, -0.05) is 36.4 Å². The highest BCUT2D eigenvalue weighted by molar-refractivity contribution is 5.92. The van der Waals surface area contributed by atoms with Crippen molar-refractivity contribution >= 4 is 38.9 Å². The van der Waals surface area contributed by atoms with E-state index in [1.165, 1.54) is 16.5 Å². The summed E-state index contributed by atoms with van der Waals surface area (Å²) in [7, 11) is 0. The minimum absolute atomic E-state index is 0.119. The molecule has 3 aromatic carbocycles. The Morgan fingerprint density at radius 2 is 1.47 bits per heavy atom. The lowest BCUT2D eigenvalue weighted by atomic mass is 10.1. The van der Waals surface area contributed by atoms with Crippen LogP contribution >= 0.6 is 0 Å². The lowest BCUT2D eigenvalue weighted by Gasteiger charge is -2.11. The molecule has 0 amide bonds. The van der Waals surface area contributed by atoms with E-state index in [-0.39, 0.29) is 5.56 Å². The second kappa shape index (κ2) is 7.79. The minimum atomic E-state index is -0.119. The highest BCUT2D eigenvalue weighted by Crippen LogP contribution is 2.24. The van der Waals surface area contributed by atoms with Gasteiger partial charge in [0.15, 0.2) is 0 Å². The third kappa shape index (κ3) is 3.65. The van der Waals surface area contributed by atoms with E-state index in [4.69, 9.17) is 0 Å². The van der Waals surface area contributed by atoms with Gasteiger partial charge < -0.3 is 20.6 Å². The number of hydrogen-bond donors (Lipinski definition) is 4. The maximum absolute atomic E-state index is 11.9. The molecule has 0 aliphatic rings. The van der Waals surface area contributed by atoms with Crippen molar-refractivity contribution in [3.05, 3.63) is 101 Å². The smallest absolute Gasteiger partial charge is 0.250 e. The van der Waals surface area contributed by atoms with E-state index in [0.717, 1.165) is 40.9 Å². The zero-order chi connectivity index (χ0) is 20.3. The molecule has 5 nitrogen and oxygen atoms in total. The summed E-state index contributed by atoms with van der Waals surface area (Å²) in [5, 5.41) is 9.11. The fourth-order valence-electron chi connectivity index (χ4n) is 3.81. The third-order valence-electron chi connectivity index (χ3n) is 5.31. The molecule has 0 spiro atoms. The SMILES string of the molecule is O=c1cc(Nc2ccc(NCCc3c[nH]c4ccccc34)cc2)c2ccccc2[nH]1. The summed E-state index contributed by atoms with van der Waals surface area (Å²) in [4.78, 5) is 18.1. The number of aromatic nitrogens is 2. The van der Waals surface area contributed by atoms with Gasteiger partial charge in [0.1, 0.15) is 0 Å². The molecule has 30 heavy (non-hydrogen) atoms. The predicted octanol–water partition coefficient (Wildman–Crippen LogP) is 5.41. The second-order valence-electron chi connectivity index (χ2n) is 7.33. The van der Waals surface area contributed by atoms with Crippen LogP contribution in [0.2, 0.25) is 0 Å². The molecule has 0 fully saturated rings. The van der Waals surface area contributed by atoms with Gasteiger partial charge in [0.05, 0.1) is 11.2 Å². The normalized spacial score (nSPS) is 11.1. The first-order valence-corrected chi connectivity index (χ1v) is 10.0. The number of H-pyrrole nitrogens is 2. The van der Waals surface area contributed by atoms with E-state index >= 15 is 0 Å². The molecule has 4 N–H and O–H groups in total. The van der Waals surface area contributed by atoms with Crippen molar-refractivity contribution in [2.75, 3.05) is 17.2 Å². The van der Waals surface area contributed by atoms with Crippen LogP contribution in [-0.2, 0) is 6.42 Å². The number of nitrogens with one attached hydrogen (secondary N) is 4. The largest absolute Gasteiger partial charge is 0.385 e. The van der Waals surface area contributed by atoms with E-state index in [1.807, 2.05) is 54.6 Å². The van der Waals surface area contributed by atoms with Crippen LogP contribution in [0.15, 0.2) is 89.9 Å². The number of hydrogen-bond acceptors (Lipinski definition) is 3. The Morgan fingerprint density at radius 1 is 0.767 bits per heavy atom. The first-order chi connectivity index (χ1) is 14.8. The molecule has 5 rings (SSSR count). The lowest BCUT2D eigenvalue weighted by Crippen LogP contribution is -2.06. The van der Waals surface area contributed by atoms with Gasteiger partial charge in [0.25, 0.3) is 0 Å². The molecular weight excluding hydrogens is 372 g/mol. The molecule has 0 radical (unpaired) electrons. The average molecular weight is 394 g/mol. The molecule has 5 heteroatoms. The number of para-hydroxylation sites is 2. The second-order valence-corrected chi connectivity index (χ2v) is 7.33. The molecule has 0 saturated carbocycles. The van der Waals surface area contributed by atoms with Gasteiger partial charge in [-0.05, 0) is 48.4 Å². The van der Waals surface area contributed by atoms with Crippen molar-refractivity contribution in [2.24, 2.45) is 0 Å². The number of anilines is 3. The molecule has 0 saturated heterocycles. The molecule has 0 bridgehead atoms. The summed E-state index contributed by atoms with van der Waals surface area (Å²) in [5.41, 5.74) is 6.00. The molecular formula is C25H22N4O. The number of pyridine rings is 1. The van der Waals surface area contributed by atoms with Crippen LogP contribution in [0, 0.1) is 0 Å². The number of rotatable bonds is 6. The van der Waals surface area contributed by atoms with Crippen LogP contribution in [-0.4, -0.2) is 16.5 Å². The molecule has 5 aromatic rings. The summed E-state index contributed by atoms with van der Waals surface area (Å²) < 4.78 is 0. The van der Waals surface area contributed by atoms with Gasteiger partial charge in [0.2, 0.25) is 5.56 Å². The first kappa shape index (κ1) is 18.1. The van der Waals surface area contributed by atoms with Crippen LogP contribution in [0.1, 0.15) is 5.56 Å². The monoisotopic (exact) mass is 394 g/mol. The Kier molecular flexibility index (Phi) is 4.69. The van der Waals surface area contributed by atoms with Gasteiger partial charge in [-0.3, -0.25) is 4.79 Å². The average Bonchev–Trinajstić information content (AvgIpc) is 3.18. The zero-order valence-electron chi connectivity index (χ0n) is 16.4. The van der Waals surface area contributed by atoms with Crippen molar-refractivity contribution in [1.29, 1.82) is 0 Å². The van der Waals surface area contributed by atoms with E-state index in [0.29, 0.717) is 0 Å². The predicted molar refractivity (Wildman–Crippen MR) is 125 cm³/mol. The first-order valence-electron chi connectivity index (χ1n) is 10.0. The molecule has 148 valence electrons. The maximum Gasteiger partial charge on any atom is 0.250 e. The van der Waals surface area contributed by atoms with Crippen molar-refractivity contribution < 1.29 is 0 Å². The quantitative estimate of drug-likeness (QED) is 0.311. The fourth-order valence-corrected chi connectivity index (χ4v) is 3.81. The van der Waals surface area contributed by atoms with Crippen LogP contribution in [0.4, 0.5) is 17.1 Å². The van der Waals surface area contributed by atoms with Crippen molar-refractivity contribution in [1.82, 2.24) is 9.97 Å². The van der Waals surface area contributed by atoms with Crippen molar-refractivity contribution in [3.63, 3.8) is 0 Å². The van der Waals surface area contributed by atoms with E-state index in [9.17, 15) is 4.79 Å². The highest BCUT2D eigenvalue weighted by atomic mass is 16.1. The number of fused-ring (bicyclic) bond motifs is 2. The van der Waals surface area contributed by atoms with E-state index in [2.05, 4.69) is 45.0 Å². The van der Waals surface area contributed by atoms with Crippen molar-refractivity contribution in [2.45, 2.75) is 6.42 Å². The molecule has 0 atom stereocenters. The fraction of sp³-hybridized carbons (Fsp3) is 0.0800. The Labute approximate surface area is 173 Å². The Hall–Kier alpha value is -3.99. The number of benzene rings is 3. The van der Waals surface area contributed by atoms with Gasteiger partial charge in [-0.2, -0.15) is 0 Å². The Morgan fingerprint density at radius 3 is 2.30 bits per heavy atom. The number of aromatic amines is 2. The topological polar surface area (TPSA) is 72.7 Å². The molecule has 0 aliphatic heterocycles. The molecule has 0 unspecified atom stereocenters. The van der Waals surface area contributed by atoms with E-state index in [1.54, 1.807) is 6.07 Å². The minimum Gasteiger partial charge on any atom is -0.385 e. The van der Waals surface area contributed by atoms with Gasteiger partial charge >= 0.3 is 0 Å². The van der Waals surface area contributed by atoms with Crippen LogP contribution in [0.3, 0.4) is 0 Å². The summed E-state index contributed by atoms with van der Waals surface area (Å²) >= 11 is 0. The van der Waals surface area contributed by atoms with Crippen molar-refractivity contribution in [3.8, 4) is 0 Å². The molecule has 2 aromatic heterocycles. The Bertz CT molecular complexity index is 1370. The molecule has 0 aliphatic carbocycles. The van der Waals surface area contributed by atoms with Gasteiger partial charge in [-0.25, -0.2) is 0 Å². The Balaban J connectivity index is 1.25. The van der Waals surface area contributed by atoms with E-state index < -0.39 is 0 Å². The van der Waals surface area contributed by atoms with Crippen LogP contribution in [0.25, 0.3) is 21.8 Å². The third-order valence-corrected chi connectivity index (χ3v) is 5.31. The van der Waals surface area contributed by atoms with Crippen LogP contribution < -0.4 is 16.2 Å². The standard InChI is InChI=1S/C25H22N4O/c30-25-15-24(21-6-2-4-8-23(21)29-25)28-19-11-9-18(10-12-19)26-14-13-17-16-27-22-7-3-1-5-20(17)22/h1-12,15-16,26-27H,13-14H2,(H2,28,29,30). The summed E-state index contributed by atoms with van der Waals surface area (Å²) in [6.07, 6.45) is 3.04.